The van der Waals surface area contributed by atoms with E-state index in [0.717, 1.165) is 5.69 Å². The van der Waals surface area contributed by atoms with Gasteiger partial charge in [-0.2, -0.15) is 5.10 Å². The molecular formula is C24H20FN5O4S. The van der Waals surface area contributed by atoms with Gasteiger partial charge in [0.2, 0.25) is 11.0 Å². The van der Waals surface area contributed by atoms with Gasteiger partial charge in [0.25, 0.3) is 5.56 Å². The largest absolute Gasteiger partial charge is 0.497 e. The highest BCUT2D eigenvalue weighted by Crippen LogP contribution is 2.34. The number of nitrogens with zero attached hydrogens (tertiary/aromatic N) is 4. The van der Waals surface area contributed by atoms with E-state index in [2.05, 4.69) is 20.3 Å². The number of halogens is 1. The van der Waals surface area contributed by atoms with Gasteiger partial charge in [0.05, 0.1) is 31.2 Å². The lowest BCUT2D eigenvalue weighted by atomic mass is 10.1. The zero-order valence-corrected chi connectivity index (χ0v) is 19.9. The van der Waals surface area contributed by atoms with E-state index in [9.17, 15) is 9.18 Å². The molecule has 0 unspecified atom stereocenters. The molecule has 0 amide bonds. The quantitative estimate of drug-likeness (QED) is 0.330. The number of fused-ring (bicyclic) bond motifs is 1. The summed E-state index contributed by atoms with van der Waals surface area (Å²) in [5.74, 6) is 2.40. The minimum atomic E-state index is -0.373. The van der Waals surface area contributed by atoms with E-state index < -0.39 is 0 Å². The normalized spacial score (nSPS) is 11.2. The number of oxazole rings is 1. The van der Waals surface area contributed by atoms with Gasteiger partial charge < -0.3 is 13.9 Å². The van der Waals surface area contributed by atoms with Gasteiger partial charge in [-0.15, -0.1) is 5.10 Å². The predicted molar refractivity (Wildman–Crippen MR) is 128 cm³/mol. The third-order valence-electron chi connectivity index (χ3n) is 5.39. The zero-order valence-electron chi connectivity index (χ0n) is 19.0. The Hall–Kier alpha value is -4.12. The highest BCUT2D eigenvalue weighted by molar-refractivity contribution is 7.98. The Labute approximate surface area is 202 Å². The minimum absolute atomic E-state index is 0.336. The molecule has 0 bridgehead atoms. The van der Waals surface area contributed by atoms with Crippen molar-refractivity contribution in [2.75, 3.05) is 14.2 Å². The fourth-order valence-electron chi connectivity index (χ4n) is 3.53. The fraction of sp³-hybridized carbons (Fsp3) is 0.167. The summed E-state index contributed by atoms with van der Waals surface area (Å²) >= 11 is 1.35. The van der Waals surface area contributed by atoms with Gasteiger partial charge in [-0.1, -0.05) is 11.8 Å². The van der Waals surface area contributed by atoms with Crippen molar-refractivity contribution in [2.45, 2.75) is 17.8 Å². The second-order valence-electron chi connectivity index (χ2n) is 7.55. The fourth-order valence-corrected chi connectivity index (χ4v) is 4.44. The van der Waals surface area contributed by atoms with E-state index in [1.54, 1.807) is 38.5 Å². The molecule has 0 atom stereocenters. The summed E-state index contributed by atoms with van der Waals surface area (Å²) in [7, 11) is 3.16. The third kappa shape index (κ3) is 4.37. The van der Waals surface area contributed by atoms with E-state index in [-0.39, 0.29) is 11.4 Å². The summed E-state index contributed by atoms with van der Waals surface area (Å²) in [5.41, 5.74) is 2.61. The lowest BCUT2D eigenvalue weighted by Gasteiger charge is -2.07. The first-order valence-corrected chi connectivity index (χ1v) is 11.5. The SMILES string of the molecule is COc1ccc(-c2nc(CSc3n[nH]c(=O)c4cc(-c5ccc(F)cc5)nn34)c(C)o2)c(OC)c1. The van der Waals surface area contributed by atoms with Crippen molar-refractivity contribution in [2.24, 2.45) is 0 Å². The van der Waals surface area contributed by atoms with Crippen molar-refractivity contribution in [3.63, 3.8) is 0 Å². The third-order valence-corrected chi connectivity index (χ3v) is 6.33. The van der Waals surface area contributed by atoms with Crippen molar-refractivity contribution in [1.82, 2.24) is 24.8 Å². The topological polar surface area (TPSA) is 108 Å². The number of aromatic nitrogens is 5. The lowest BCUT2D eigenvalue weighted by molar-refractivity contribution is 0.394. The number of hydrogen-bond acceptors (Lipinski definition) is 8. The van der Waals surface area contributed by atoms with Crippen LogP contribution in [0.4, 0.5) is 4.39 Å². The Bertz CT molecular complexity index is 1580. The average molecular weight is 494 g/mol. The molecule has 5 aromatic rings. The Morgan fingerprint density at radius 2 is 1.91 bits per heavy atom. The van der Waals surface area contributed by atoms with Crippen molar-refractivity contribution < 1.29 is 18.3 Å². The van der Waals surface area contributed by atoms with Gasteiger partial charge in [0.1, 0.15) is 28.6 Å². The summed E-state index contributed by atoms with van der Waals surface area (Å²) in [4.78, 5) is 17.0. The lowest BCUT2D eigenvalue weighted by Crippen LogP contribution is -2.13. The highest BCUT2D eigenvalue weighted by Gasteiger charge is 2.18. The second-order valence-corrected chi connectivity index (χ2v) is 8.49. The standard InChI is InChI=1S/C24H20FN5O4S/c1-13-19(26-23(34-13)17-9-8-16(32-2)10-21(17)33-3)12-35-24-28-27-22(31)20-11-18(29-30(20)24)14-4-6-15(25)7-5-14/h4-11H,12H2,1-3H3,(H,27,31). The molecule has 35 heavy (non-hydrogen) atoms. The molecule has 9 nitrogen and oxygen atoms in total. The van der Waals surface area contributed by atoms with Crippen LogP contribution in [0, 0.1) is 12.7 Å². The molecule has 11 heteroatoms. The number of methoxy groups -OCH3 is 2. The number of aryl methyl sites for hydroxylation is 1. The monoisotopic (exact) mass is 493 g/mol. The van der Waals surface area contributed by atoms with E-state index in [0.29, 0.717) is 56.4 Å². The van der Waals surface area contributed by atoms with E-state index in [1.807, 2.05) is 19.1 Å². The van der Waals surface area contributed by atoms with Gasteiger partial charge in [0, 0.05) is 17.4 Å². The Morgan fingerprint density at radius 1 is 1.11 bits per heavy atom. The zero-order chi connectivity index (χ0) is 24.5. The number of hydrogen-bond donors (Lipinski definition) is 1. The number of rotatable bonds is 7. The second kappa shape index (κ2) is 9.26. The Kier molecular flexibility index (Phi) is 6.00. The maximum Gasteiger partial charge on any atom is 0.290 e. The molecule has 3 heterocycles. The average Bonchev–Trinajstić information content (AvgIpc) is 3.48. The first kappa shape index (κ1) is 22.7. The molecule has 0 aliphatic rings. The molecule has 0 aliphatic heterocycles. The van der Waals surface area contributed by atoms with Crippen LogP contribution >= 0.6 is 11.8 Å². The summed E-state index contributed by atoms with van der Waals surface area (Å²) in [6, 6.07) is 13.0. The van der Waals surface area contributed by atoms with E-state index in [4.69, 9.17) is 13.9 Å². The van der Waals surface area contributed by atoms with Crippen LogP contribution in [0.5, 0.6) is 11.5 Å². The maximum absolute atomic E-state index is 13.3. The van der Waals surface area contributed by atoms with E-state index >= 15 is 0 Å². The van der Waals surface area contributed by atoms with Crippen molar-refractivity contribution in [3.8, 4) is 34.2 Å². The molecule has 3 aromatic heterocycles. The number of ether oxygens (including phenoxy) is 2. The number of H-pyrrole nitrogens is 1. The molecule has 0 spiro atoms. The van der Waals surface area contributed by atoms with Crippen LogP contribution in [0.1, 0.15) is 11.5 Å². The summed E-state index contributed by atoms with van der Waals surface area (Å²) in [6.07, 6.45) is 0. The number of aromatic amines is 1. The molecule has 0 saturated heterocycles. The summed E-state index contributed by atoms with van der Waals surface area (Å²) in [6.45, 7) is 1.83. The van der Waals surface area contributed by atoms with Crippen LogP contribution in [0.2, 0.25) is 0 Å². The van der Waals surface area contributed by atoms with Gasteiger partial charge in [-0.05, 0) is 49.4 Å². The molecular weight excluding hydrogens is 473 g/mol. The van der Waals surface area contributed by atoms with Gasteiger partial charge in [-0.25, -0.2) is 19.0 Å². The molecule has 0 saturated carbocycles. The van der Waals surface area contributed by atoms with Gasteiger partial charge in [0.15, 0.2) is 0 Å². The molecule has 0 aliphatic carbocycles. The first-order chi connectivity index (χ1) is 17.0. The molecule has 178 valence electrons. The maximum atomic E-state index is 13.3. The van der Waals surface area contributed by atoms with Crippen molar-refractivity contribution in [1.29, 1.82) is 0 Å². The summed E-state index contributed by atoms with van der Waals surface area (Å²) < 4.78 is 31.4. The summed E-state index contributed by atoms with van der Waals surface area (Å²) in [5, 5.41) is 11.7. The minimum Gasteiger partial charge on any atom is -0.497 e. The van der Waals surface area contributed by atoms with Crippen molar-refractivity contribution >= 4 is 17.3 Å². The number of nitrogens with one attached hydrogen (secondary N) is 1. The number of benzene rings is 2. The van der Waals surface area contributed by atoms with Crippen LogP contribution < -0.4 is 15.0 Å². The molecule has 1 N–H and O–H groups in total. The van der Waals surface area contributed by atoms with Crippen LogP contribution in [0.3, 0.4) is 0 Å². The highest BCUT2D eigenvalue weighted by atomic mass is 32.2. The van der Waals surface area contributed by atoms with Crippen LogP contribution in [0.25, 0.3) is 28.2 Å². The first-order valence-electron chi connectivity index (χ1n) is 10.5. The molecule has 0 radical (unpaired) electrons. The molecule has 5 rings (SSSR count). The Morgan fingerprint density at radius 3 is 2.66 bits per heavy atom. The van der Waals surface area contributed by atoms with E-state index in [1.165, 1.54) is 28.4 Å². The van der Waals surface area contributed by atoms with Crippen LogP contribution in [0.15, 0.2) is 62.9 Å². The molecule has 0 fully saturated rings. The van der Waals surface area contributed by atoms with Crippen LogP contribution in [-0.4, -0.2) is 39.0 Å². The predicted octanol–water partition coefficient (Wildman–Crippen LogP) is 4.50. The smallest absolute Gasteiger partial charge is 0.290 e. The molecule has 2 aromatic carbocycles. The van der Waals surface area contributed by atoms with Gasteiger partial charge in [-0.3, -0.25) is 4.79 Å². The van der Waals surface area contributed by atoms with Gasteiger partial charge >= 0.3 is 0 Å². The Balaban J connectivity index is 1.43. The van der Waals surface area contributed by atoms with Crippen molar-refractivity contribution in [3.05, 3.63) is 76.2 Å². The van der Waals surface area contributed by atoms with Crippen LogP contribution in [-0.2, 0) is 5.75 Å². The number of thioether (sulfide) groups is 1.